The summed E-state index contributed by atoms with van der Waals surface area (Å²) in [4.78, 5) is 28.2. The van der Waals surface area contributed by atoms with E-state index in [9.17, 15) is 9.59 Å². The molecule has 0 unspecified atom stereocenters. The lowest BCUT2D eigenvalue weighted by atomic mass is 9.79. The van der Waals surface area contributed by atoms with E-state index in [0.29, 0.717) is 28.3 Å². The zero-order chi connectivity index (χ0) is 21.9. The van der Waals surface area contributed by atoms with Crippen LogP contribution >= 0.6 is 11.6 Å². The van der Waals surface area contributed by atoms with Crippen LogP contribution in [0.25, 0.3) is 0 Å². The second-order valence-corrected chi connectivity index (χ2v) is 8.01. The van der Waals surface area contributed by atoms with Gasteiger partial charge in [-0.2, -0.15) is 0 Å². The third-order valence-electron chi connectivity index (χ3n) is 4.82. The zero-order valence-electron chi connectivity index (χ0n) is 18.2. The summed E-state index contributed by atoms with van der Waals surface area (Å²) in [7, 11) is 0. The Labute approximate surface area is 178 Å². The summed E-state index contributed by atoms with van der Waals surface area (Å²) in [6.07, 6.45) is -0.578. The fourth-order valence-electron chi connectivity index (χ4n) is 3.69. The summed E-state index contributed by atoms with van der Waals surface area (Å²) in [6, 6.07) is 7.25. The Balaban J connectivity index is 2.78. The van der Waals surface area contributed by atoms with Crippen LogP contribution in [0.4, 0.5) is 0 Å². The number of carbonyl (C=O) groups excluding carboxylic acids is 2. The smallest absolute Gasteiger partial charge is 0.337 e. The quantitative estimate of drug-likeness (QED) is 0.592. The maximum atomic E-state index is 13.1. The molecule has 1 aromatic rings. The van der Waals surface area contributed by atoms with Gasteiger partial charge in [0.25, 0.3) is 0 Å². The van der Waals surface area contributed by atoms with Crippen molar-refractivity contribution in [2.45, 2.75) is 66.6 Å². The van der Waals surface area contributed by atoms with Gasteiger partial charge in [0.2, 0.25) is 0 Å². The molecule has 0 bridgehead atoms. The molecule has 0 saturated carbocycles. The van der Waals surface area contributed by atoms with Crippen molar-refractivity contribution >= 4 is 23.5 Å². The largest absolute Gasteiger partial charge is 0.460 e. The second kappa shape index (κ2) is 9.49. The van der Waals surface area contributed by atoms with Gasteiger partial charge < -0.3 is 14.4 Å². The van der Waals surface area contributed by atoms with Crippen LogP contribution in [0.1, 0.15) is 59.9 Å². The Hall–Kier alpha value is -2.27. The number of carbonyl (C=O) groups is 2. The fourth-order valence-corrected chi connectivity index (χ4v) is 3.93. The number of nitrogens with zero attached hydrogens (tertiary/aromatic N) is 1. The van der Waals surface area contributed by atoms with Gasteiger partial charge >= 0.3 is 11.9 Å². The fraction of sp³-hybridized carbons (Fsp3) is 0.478. The van der Waals surface area contributed by atoms with Crippen LogP contribution in [0.3, 0.4) is 0 Å². The van der Waals surface area contributed by atoms with Crippen LogP contribution < -0.4 is 0 Å². The van der Waals surface area contributed by atoms with E-state index in [1.165, 1.54) is 0 Å². The van der Waals surface area contributed by atoms with E-state index in [-0.39, 0.29) is 12.2 Å². The van der Waals surface area contributed by atoms with Crippen LogP contribution in [-0.2, 0) is 19.1 Å². The van der Waals surface area contributed by atoms with Gasteiger partial charge in [0.1, 0.15) is 0 Å². The number of hydrogen-bond acceptors (Lipinski definition) is 5. The molecule has 29 heavy (non-hydrogen) atoms. The number of ether oxygens (including phenoxy) is 2. The van der Waals surface area contributed by atoms with E-state index >= 15 is 0 Å². The third-order valence-corrected chi connectivity index (χ3v) is 5.17. The third kappa shape index (κ3) is 4.84. The van der Waals surface area contributed by atoms with Crippen LogP contribution in [0.2, 0.25) is 5.02 Å². The molecule has 0 saturated heterocycles. The first-order chi connectivity index (χ1) is 13.6. The highest BCUT2D eigenvalue weighted by Crippen LogP contribution is 2.44. The Morgan fingerprint density at radius 1 is 0.966 bits per heavy atom. The average Bonchev–Trinajstić information content (AvgIpc) is 2.60. The van der Waals surface area contributed by atoms with Gasteiger partial charge in [-0.05, 0) is 60.1 Å². The normalized spacial score (nSPS) is 15.4. The van der Waals surface area contributed by atoms with E-state index in [1.807, 2.05) is 43.9 Å². The second-order valence-electron chi connectivity index (χ2n) is 7.61. The predicted octanol–water partition coefficient (Wildman–Crippen LogP) is 5.21. The first-order valence-corrected chi connectivity index (χ1v) is 10.3. The van der Waals surface area contributed by atoms with Crippen molar-refractivity contribution in [1.82, 2.24) is 4.90 Å². The Kier molecular flexibility index (Phi) is 7.53. The summed E-state index contributed by atoms with van der Waals surface area (Å²) in [6.45, 7) is 13.5. The molecule has 2 rings (SSSR count). The standard InChI is InChI=1S/C23H30ClNO4/c1-8-25-15(6)19(22(26)28-13(2)3)21(17-11-9-10-12-18(17)24)20(16(25)7)23(27)29-14(4)5/h9-14,21H,8H2,1-7H3. The molecule has 1 aromatic carbocycles. The molecule has 1 aliphatic rings. The lowest BCUT2D eigenvalue weighted by molar-refractivity contribution is -0.143. The van der Waals surface area contributed by atoms with Crippen molar-refractivity contribution in [2.75, 3.05) is 6.54 Å². The van der Waals surface area contributed by atoms with E-state index in [0.717, 1.165) is 11.4 Å². The number of esters is 2. The van der Waals surface area contributed by atoms with E-state index in [1.54, 1.807) is 33.8 Å². The number of halogens is 1. The first-order valence-electron chi connectivity index (χ1n) is 9.95. The highest BCUT2D eigenvalue weighted by atomic mass is 35.5. The molecule has 0 spiro atoms. The number of rotatable bonds is 6. The van der Waals surface area contributed by atoms with Gasteiger partial charge in [-0.15, -0.1) is 0 Å². The van der Waals surface area contributed by atoms with Crippen molar-refractivity contribution in [1.29, 1.82) is 0 Å². The summed E-state index contributed by atoms with van der Waals surface area (Å²) in [5.74, 6) is -1.57. The molecule has 0 fully saturated rings. The maximum absolute atomic E-state index is 13.1. The van der Waals surface area contributed by atoms with Crippen molar-refractivity contribution < 1.29 is 19.1 Å². The molecule has 0 aromatic heterocycles. The first kappa shape index (κ1) is 23.0. The number of hydrogen-bond donors (Lipinski definition) is 0. The summed E-state index contributed by atoms with van der Waals surface area (Å²) >= 11 is 6.51. The molecule has 5 nitrogen and oxygen atoms in total. The molecule has 1 heterocycles. The highest BCUT2D eigenvalue weighted by Gasteiger charge is 2.41. The van der Waals surface area contributed by atoms with Crippen LogP contribution in [0, 0.1) is 0 Å². The van der Waals surface area contributed by atoms with Crippen molar-refractivity contribution in [3.8, 4) is 0 Å². The molecule has 6 heteroatoms. The molecular formula is C23H30ClNO4. The van der Waals surface area contributed by atoms with Gasteiger partial charge in [0, 0.05) is 23.0 Å². The van der Waals surface area contributed by atoms with E-state index < -0.39 is 17.9 Å². The Morgan fingerprint density at radius 3 is 1.79 bits per heavy atom. The summed E-state index contributed by atoms with van der Waals surface area (Å²) < 4.78 is 11.1. The van der Waals surface area contributed by atoms with Gasteiger partial charge in [-0.25, -0.2) is 9.59 Å². The maximum Gasteiger partial charge on any atom is 0.337 e. The lowest BCUT2D eigenvalue weighted by Gasteiger charge is -2.38. The minimum absolute atomic E-state index is 0.289. The average molecular weight is 420 g/mol. The predicted molar refractivity (Wildman–Crippen MR) is 114 cm³/mol. The molecule has 0 amide bonds. The van der Waals surface area contributed by atoms with Gasteiger partial charge in [0.05, 0.1) is 29.3 Å². The van der Waals surface area contributed by atoms with E-state index in [4.69, 9.17) is 21.1 Å². The monoisotopic (exact) mass is 419 g/mol. The van der Waals surface area contributed by atoms with Gasteiger partial charge in [-0.3, -0.25) is 0 Å². The van der Waals surface area contributed by atoms with Crippen molar-refractivity contribution in [2.24, 2.45) is 0 Å². The summed E-state index contributed by atoms with van der Waals surface area (Å²) in [5.41, 5.74) is 3.00. The van der Waals surface area contributed by atoms with Crippen LogP contribution in [-0.4, -0.2) is 35.6 Å². The highest BCUT2D eigenvalue weighted by molar-refractivity contribution is 6.31. The Bertz CT molecular complexity index is 808. The SMILES string of the molecule is CCN1C(C)=C(C(=O)OC(C)C)C(c2ccccc2Cl)C(C(=O)OC(C)C)=C1C. The molecule has 0 atom stereocenters. The lowest BCUT2D eigenvalue weighted by Crippen LogP contribution is -2.36. The van der Waals surface area contributed by atoms with Gasteiger partial charge in [-0.1, -0.05) is 29.8 Å². The van der Waals surface area contributed by atoms with Crippen LogP contribution in [0.5, 0.6) is 0 Å². The molecule has 1 aliphatic heterocycles. The van der Waals surface area contributed by atoms with E-state index in [2.05, 4.69) is 0 Å². The van der Waals surface area contributed by atoms with Crippen molar-refractivity contribution in [3.05, 3.63) is 57.4 Å². The number of allylic oxidation sites excluding steroid dienone is 2. The summed E-state index contributed by atoms with van der Waals surface area (Å²) in [5, 5.41) is 0.479. The van der Waals surface area contributed by atoms with Crippen molar-refractivity contribution in [3.63, 3.8) is 0 Å². The Morgan fingerprint density at radius 2 is 1.41 bits per heavy atom. The molecule has 0 radical (unpaired) electrons. The van der Waals surface area contributed by atoms with Crippen LogP contribution in [0.15, 0.2) is 46.8 Å². The molecule has 0 aliphatic carbocycles. The number of benzene rings is 1. The van der Waals surface area contributed by atoms with Gasteiger partial charge in [0.15, 0.2) is 0 Å². The molecule has 158 valence electrons. The zero-order valence-corrected chi connectivity index (χ0v) is 19.0. The molecule has 0 N–H and O–H groups in total. The minimum Gasteiger partial charge on any atom is -0.460 e. The minimum atomic E-state index is -0.663. The molecular weight excluding hydrogens is 390 g/mol. The topological polar surface area (TPSA) is 55.8 Å².